The molecule has 0 bridgehead atoms. The summed E-state index contributed by atoms with van der Waals surface area (Å²) in [7, 11) is 1.26. The van der Waals surface area contributed by atoms with Gasteiger partial charge in [-0.2, -0.15) is 0 Å². The molecule has 0 aliphatic carbocycles. The molecule has 8 nitrogen and oxygen atoms in total. The first kappa shape index (κ1) is 23.8. The smallest absolute Gasteiger partial charge is 0.412 e. The van der Waals surface area contributed by atoms with Crippen LogP contribution in [-0.2, 0) is 20.8 Å². The summed E-state index contributed by atoms with van der Waals surface area (Å²) in [6.45, 7) is 5.30. The van der Waals surface area contributed by atoms with Gasteiger partial charge in [0.1, 0.15) is 12.1 Å². The van der Waals surface area contributed by atoms with E-state index in [1.165, 1.54) is 19.2 Å². The minimum absolute atomic E-state index is 0.0608. The minimum Gasteiger partial charge on any atom is -0.465 e. The van der Waals surface area contributed by atoms with E-state index in [4.69, 9.17) is 9.47 Å². The molecule has 0 saturated carbocycles. The second-order valence-corrected chi connectivity index (χ2v) is 9.09. The van der Waals surface area contributed by atoms with Crippen LogP contribution in [0.25, 0.3) is 21.8 Å². The van der Waals surface area contributed by atoms with Crippen LogP contribution in [0.15, 0.2) is 66.7 Å². The number of ether oxygens (including phenoxy) is 2. The van der Waals surface area contributed by atoms with Crippen LogP contribution in [0, 0.1) is 0 Å². The van der Waals surface area contributed by atoms with Gasteiger partial charge in [0.15, 0.2) is 0 Å². The number of aromatic nitrogens is 1. The largest absolute Gasteiger partial charge is 0.465 e. The molecule has 3 aromatic carbocycles. The van der Waals surface area contributed by atoms with Gasteiger partial charge in [-0.25, -0.2) is 9.59 Å². The van der Waals surface area contributed by atoms with Crippen molar-refractivity contribution in [3.63, 3.8) is 0 Å². The monoisotopic (exact) mass is 473 g/mol. The van der Waals surface area contributed by atoms with E-state index < -0.39 is 17.7 Å². The molecule has 8 heteroatoms. The van der Waals surface area contributed by atoms with Crippen molar-refractivity contribution in [1.29, 1.82) is 0 Å². The van der Waals surface area contributed by atoms with Gasteiger partial charge in [-0.3, -0.25) is 10.1 Å². The summed E-state index contributed by atoms with van der Waals surface area (Å²) in [5, 5.41) is 7.56. The van der Waals surface area contributed by atoms with Gasteiger partial charge in [0.25, 0.3) is 0 Å². The lowest BCUT2D eigenvalue weighted by Crippen LogP contribution is -2.27. The Labute approximate surface area is 202 Å². The SMILES string of the molecule is COC(=O)c1cc(NC(=O)Cn2c3ccccc3c3ccccc32)cc(NC(=O)OC(C)(C)C)c1. The average Bonchev–Trinajstić information content (AvgIpc) is 3.11. The summed E-state index contributed by atoms with van der Waals surface area (Å²) in [5.41, 5.74) is 2.00. The number of para-hydroxylation sites is 2. The zero-order chi connectivity index (χ0) is 25.2. The number of esters is 1. The number of carbonyl (C=O) groups is 3. The number of amides is 2. The minimum atomic E-state index is -0.691. The number of nitrogens with zero attached hydrogens (tertiary/aromatic N) is 1. The van der Waals surface area contributed by atoms with Crippen molar-refractivity contribution < 1.29 is 23.9 Å². The van der Waals surface area contributed by atoms with E-state index in [9.17, 15) is 14.4 Å². The summed E-state index contributed by atoms with van der Waals surface area (Å²) >= 11 is 0. The van der Waals surface area contributed by atoms with Gasteiger partial charge in [0.2, 0.25) is 5.91 Å². The van der Waals surface area contributed by atoms with E-state index in [1.807, 2.05) is 53.1 Å². The topological polar surface area (TPSA) is 98.7 Å². The molecule has 4 aromatic rings. The van der Waals surface area contributed by atoms with E-state index in [2.05, 4.69) is 10.6 Å². The predicted molar refractivity (Wildman–Crippen MR) is 136 cm³/mol. The first-order chi connectivity index (χ1) is 16.6. The number of anilines is 2. The molecule has 0 unspecified atom stereocenters. The summed E-state index contributed by atoms with van der Waals surface area (Å²) in [6.07, 6.45) is -0.679. The number of rotatable bonds is 5. The van der Waals surface area contributed by atoms with E-state index >= 15 is 0 Å². The lowest BCUT2D eigenvalue weighted by molar-refractivity contribution is -0.116. The van der Waals surface area contributed by atoms with Crippen LogP contribution in [0.2, 0.25) is 0 Å². The normalized spacial score (nSPS) is 11.3. The standard InChI is InChI=1S/C27H27N3O5/c1-27(2,3)35-26(33)29-19-14-17(25(32)34-4)13-18(15-19)28-24(31)16-30-22-11-7-5-9-20(22)21-10-6-8-12-23(21)30/h5-15H,16H2,1-4H3,(H,28,31)(H,29,33). The third kappa shape index (κ3) is 5.43. The van der Waals surface area contributed by atoms with Crippen molar-refractivity contribution in [3.05, 3.63) is 72.3 Å². The summed E-state index contributed by atoms with van der Waals surface area (Å²) < 4.78 is 12.1. The molecule has 2 amide bonds. The fourth-order valence-electron chi connectivity index (χ4n) is 3.95. The van der Waals surface area contributed by atoms with Gasteiger partial charge in [-0.15, -0.1) is 0 Å². The fraction of sp³-hybridized carbons (Fsp3) is 0.222. The molecule has 180 valence electrons. The quantitative estimate of drug-likeness (QED) is 0.370. The second kappa shape index (κ2) is 9.50. The molecule has 0 fully saturated rings. The van der Waals surface area contributed by atoms with E-state index in [1.54, 1.807) is 26.8 Å². The predicted octanol–water partition coefficient (Wildman–Crippen LogP) is 5.57. The Balaban J connectivity index is 1.61. The maximum atomic E-state index is 13.1. The van der Waals surface area contributed by atoms with Gasteiger partial charge in [0, 0.05) is 33.2 Å². The van der Waals surface area contributed by atoms with Crippen LogP contribution in [0.3, 0.4) is 0 Å². The Hall–Kier alpha value is -4.33. The summed E-state index contributed by atoms with van der Waals surface area (Å²) in [4.78, 5) is 37.5. The van der Waals surface area contributed by atoms with Crippen LogP contribution >= 0.6 is 0 Å². The molecule has 0 radical (unpaired) electrons. The maximum absolute atomic E-state index is 13.1. The van der Waals surface area contributed by atoms with Crippen LogP contribution in [0.1, 0.15) is 31.1 Å². The van der Waals surface area contributed by atoms with Gasteiger partial charge < -0.3 is 19.4 Å². The number of benzene rings is 3. The summed E-state index contributed by atoms with van der Waals surface area (Å²) in [6, 6.07) is 20.3. The number of methoxy groups -OCH3 is 1. The molecule has 0 aliphatic rings. The van der Waals surface area contributed by atoms with Crippen molar-refractivity contribution in [2.45, 2.75) is 32.9 Å². The molecule has 0 aliphatic heterocycles. The van der Waals surface area contributed by atoms with Gasteiger partial charge in [-0.1, -0.05) is 36.4 Å². The van der Waals surface area contributed by atoms with Crippen molar-refractivity contribution in [2.24, 2.45) is 0 Å². The lowest BCUT2D eigenvalue weighted by atomic mass is 10.1. The first-order valence-electron chi connectivity index (χ1n) is 11.1. The molecule has 1 aromatic heterocycles. The third-order valence-electron chi connectivity index (χ3n) is 5.26. The Morgan fingerprint density at radius 1 is 0.829 bits per heavy atom. The molecular formula is C27H27N3O5. The Morgan fingerprint density at radius 2 is 1.37 bits per heavy atom. The van der Waals surface area contributed by atoms with Crippen molar-refractivity contribution in [3.8, 4) is 0 Å². The number of carbonyl (C=O) groups excluding carboxylic acids is 3. The van der Waals surface area contributed by atoms with Crippen molar-refractivity contribution >= 4 is 51.2 Å². The van der Waals surface area contributed by atoms with E-state index in [0.717, 1.165) is 21.8 Å². The second-order valence-electron chi connectivity index (χ2n) is 9.09. The summed E-state index contributed by atoms with van der Waals surface area (Å²) in [5.74, 6) is -0.891. The number of hydrogen-bond acceptors (Lipinski definition) is 5. The molecule has 0 spiro atoms. The lowest BCUT2D eigenvalue weighted by Gasteiger charge is -2.20. The van der Waals surface area contributed by atoms with Gasteiger partial charge >= 0.3 is 12.1 Å². The highest BCUT2D eigenvalue weighted by atomic mass is 16.6. The fourth-order valence-corrected chi connectivity index (χ4v) is 3.95. The highest BCUT2D eigenvalue weighted by molar-refractivity contribution is 6.09. The molecule has 35 heavy (non-hydrogen) atoms. The number of hydrogen-bond donors (Lipinski definition) is 2. The Morgan fingerprint density at radius 3 is 1.91 bits per heavy atom. The average molecular weight is 474 g/mol. The zero-order valence-corrected chi connectivity index (χ0v) is 20.0. The van der Waals surface area contributed by atoms with Crippen LogP contribution in [0.4, 0.5) is 16.2 Å². The molecule has 4 rings (SSSR count). The van der Waals surface area contributed by atoms with Crippen LogP contribution in [0.5, 0.6) is 0 Å². The molecule has 1 heterocycles. The maximum Gasteiger partial charge on any atom is 0.412 e. The van der Waals surface area contributed by atoms with Crippen LogP contribution in [-0.4, -0.2) is 35.2 Å². The Kier molecular flexibility index (Phi) is 6.46. The Bertz CT molecular complexity index is 1380. The molecule has 0 atom stereocenters. The molecule has 2 N–H and O–H groups in total. The van der Waals surface area contributed by atoms with Crippen LogP contribution < -0.4 is 10.6 Å². The highest BCUT2D eigenvalue weighted by Crippen LogP contribution is 2.29. The van der Waals surface area contributed by atoms with Crippen molar-refractivity contribution in [2.75, 3.05) is 17.7 Å². The highest BCUT2D eigenvalue weighted by Gasteiger charge is 2.18. The van der Waals surface area contributed by atoms with Gasteiger partial charge in [-0.05, 0) is 51.1 Å². The molecular weight excluding hydrogens is 446 g/mol. The van der Waals surface area contributed by atoms with E-state index in [-0.39, 0.29) is 23.7 Å². The van der Waals surface area contributed by atoms with E-state index in [0.29, 0.717) is 5.69 Å². The van der Waals surface area contributed by atoms with Gasteiger partial charge in [0.05, 0.1) is 12.7 Å². The van der Waals surface area contributed by atoms with Crippen molar-refractivity contribution in [1.82, 2.24) is 4.57 Å². The zero-order valence-electron chi connectivity index (χ0n) is 20.0. The third-order valence-corrected chi connectivity index (χ3v) is 5.26. The number of fused-ring (bicyclic) bond motifs is 3. The molecule has 0 saturated heterocycles. The number of nitrogens with one attached hydrogen (secondary N) is 2. The first-order valence-corrected chi connectivity index (χ1v) is 11.1.